The molecule has 1 heterocycles. The number of nitro benzene ring substituents is 1. The van der Waals surface area contributed by atoms with E-state index in [0.717, 1.165) is 39.1 Å². The molecule has 13 heteroatoms. The number of nitrogens with zero attached hydrogens (tertiary/aromatic N) is 4. The van der Waals surface area contributed by atoms with Gasteiger partial charge in [-0.25, -0.2) is 8.42 Å². The van der Waals surface area contributed by atoms with Crippen molar-refractivity contribution in [3.8, 4) is 16.3 Å². The number of ether oxygens (including phenoxy) is 1. The van der Waals surface area contributed by atoms with Crippen LogP contribution in [0.3, 0.4) is 0 Å². The molecule has 0 aliphatic heterocycles. The number of nitrogens with one attached hydrogen (secondary N) is 1. The number of hydrogen-bond acceptors (Lipinski definition) is 9. The maximum Gasteiger partial charge on any atom is 0.271 e. The van der Waals surface area contributed by atoms with Gasteiger partial charge in [-0.2, -0.15) is 0 Å². The number of aromatic nitrogens is 2. The van der Waals surface area contributed by atoms with Crippen molar-refractivity contribution in [3.05, 3.63) is 58.1 Å². The van der Waals surface area contributed by atoms with Crippen LogP contribution < -0.4 is 14.4 Å². The molecule has 0 spiro atoms. The minimum absolute atomic E-state index is 0.0615. The molecular weight excluding hydrogens is 458 g/mol. The molecule has 1 aromatic heterocycles. The highest BCUT2D eigenvalue weighted by molar-refractivity contribution is 7.92. The van der Waals surface area contributed by atoms with Crippen LogP contribution in [-0.4, -0.2) is 49.4 Å². The minimum Gasteiger partial charge on any atom is -0.495 e. The van der Waals surface area contributed by atoms with E-state index in [2.05, 4.69) is 15.5 Å². The molecule has 3 rings (SSSR count). The Labute approximate surface area is 187 Å². The van der Waals surface area contributed by atoms with Gasteiger partial charge in [0, 0.05) is 17.7 Å². The summed E-state index contributed by atoms with van der Waals surface area (Å²) >= 11 is 1.13. The van der Waals surface area contributed by atoms with Crippen LogP contribution in [0.5, 0.6) is 5.75 Å². The highest BCUT2D eigenvalue weighted by Crippen LogP contribution is 2.34. The maximum absolute atomic E-state index is 12.6. The molecule has 11 nitrogen and oxygen atoms in total. The molecule has 2 aromatic carbocycles. The lowest BCUT2D eigenvalue weighted by molar-refractivity contribution is -0.384. The zero-order valence-corrected chi connectivity index (χ0v) is 18.9. The van der Waals surface area contributed by atoms with Gasteiger partial charge in [-0.1, -0.05) is 41.2 Å². The van der Waals surface area contributed by atoms with Gasteiger partial charge in [-0.05, 0) is 13.0 Å². The standard InChI is InChI=1S/C19H19N5O6S2/c1-12-4-6-13(7-5-12)18-21-22-19(31-18)20-17(25)11-23(32(3,28)29)15-10-14(24(26)27)8-9-16(15)30-2/h4-10H,11H2,1-3H3,(H,20,22,25). The third-order valence-electron chi connectivity index (χ3n) is 4.30. The fourth-order valence-electron chi connectivity index (χ4n) is 2.74. The van der Waals surface area contributed by atoms with Crippen molar-refractivity contribution in [2.45, 2.75) is 6.92 Å². The summed E-state index contributed by atoms with van der Waals surface area (Å²) in [5, 5.41) is 22.4. The van der Waals surface area contributed by atoms with Crippen LogP contribution >= 0.6 is 11.3 Å². The van der Waals surface area contributed by atoms with Crippen molar-refractivity contribution < 1.29 is 22.9 Å². The van der Waals surface area contributed by atoms with E-state index in [0.29, 0.717) is 5.01 Å². The van der Waals surface area contributed by atoms with E-state index < -0.39 is 27.4 Å². The van der Waals surface area contributed by atoms with Gasteiger partial charge in [0.15, 0.2) is 0 Å². The first-order valence-electron chi connectivity index (χ1n) is 9.09. The summed E-state index contributed by atoms with van der Waals surface area (Å²) < 4.78 is 30.6. The Morgan fingerprint density at radius 2 is 1.91 bits per heavy atom. The Morgan fingerprint density at radius 1 is 1.22 bits per heavy atom. The largest absolute Gasteiger partial charge is 0.495 e. The van der Waals surface area contributed by atoms with Crippen LogP contribution in [0, 0.1) is 17.0 Å². The lowest BCUT2D eigenvalue weighted by atomic mass is 10.2. The SMILES string of the molecule is COc1ccc([N+](=O)[O-])cc1N(CC(=O)Nc1nnc(-c2ccc(C)cc2)s1)S(C)(=O)=O. The number of methoxy groups -OCH3 is 1. The molecule has 0 unspecified atom stereocenters. The summed E-state index contributed by atoms with van der Waals surface area (Å²) in [6.45, 7) is 1.31. The molecule has 1 amide bonds. The number of rotatable bonds is 8. The fourth-order valence-corrected chi connectivity index (χ4v) is 4.36. The molecule has 0 bridgehead atoms. The zero-order valence-electron chi connectivity index (χ0n) is 17.3. The van der Waals surface area contributed by atoms with Crippen LogP contribution in [0.25, 0.3) is 10.6 Å². The first-order chi connectivity index (χ1) is 15.1. The van der Waals surface area contributed by atoms with E-state index >= 15 is 0 Å². The van der Waals surface area contributed by atoms with E-state index in [1.807, 2.05) is 31.2 Å². The highest BCUT2D eigenvalue weighted by atomic mass is 32.2. The van der Waals surface area contributed by atoms with Gasteiger partial charge < -0.3 is 4.74 Å². The van der Waals surface area contributed by atoms with E-state index in [1.165, 1.54) is 19.2 Å². The molecule has 0 saturated carbocycles. The summed E-state index contributed by atoms with van der Waals surface area (Å²) in [7, 11) is -2.69. The molecular formula is C19H19N5O6S2. The number of non-ortho nitro benzene ring substituents is 1. The molecule has 0 aliphatic rings. The first-order valence-corrected chi connectivity index (χ1v) is 11.8. The number of anilines is 2. The molecule has 32 heavy (non-hydrogen) atoms. The predicted octanol–water partition coefficient (Wildman–Crippen LogP) is 2.84. The normalized spacial score (nSPS) is 11.1. The van der Waals surface area contributed by atoms with E-state index in [1.54, 1.807) is 0 Å². The Balaban J connectivity index is 1.83. The number of carbonyl (C=O) groups is 1. The first kappa shape index (κ1) is 23.1. The van der Waals surface area contributed by atoms with Crippen molar-refractivity contribution >= 4 is 43.8 Å². The molecule has 0 atom stereocenters. The van der Waals surface area contributed by atoms with Gasteiger partial charge in [0.2, 0.25) is 21.1 Å². The van der Waals surface area contributed by atoms with Crippen LogP contribution in [0.15, 0.2) is 42.5 Å². The second kappa shape index (κ2) is 9.28. The summed E-state index contributed by atoms with van der Waals surface area (Å²) in [5.74, 6) is -0.637. The Kier molecular flexibility index (Phi) is 6.69. The average Bonchev–Trinajstić information content (AvgIpc) is 3.19. The Bertz CT molecular complexity index is 1260. The van der Waals surface area contributed by atoms with Crippen molar-refractivity contribution in [3.63, 3.8) is 0 Å². The molecule has 0 saturated heterocycles. The van der Waals surface area contributed by atoms with Crippen LogP contribution in [0.2, 0.25) is 0 Å². The van der Waals surface area contributed by atoms with Crippen molar-refractivity contribution in [1.29, 1.82) is 0 Å². The molecule has 0 fully saturated rings. The predicted molar refractivity (Wildman–Crippen MR) is 121 cm³/mol. The van der Waals surface area contributed by atoms with Gasteiger partial charge >= 0.3 is 0 Å². The number of amides is 1. The number of aryl methyl sites for hydroxylation is 1. The quantitative estimate of drug-likeness (QED) is 0.385. The van der Waals surface area contributed by atoms with E-state index in [9.17, 15) is 23.3 Å². The number of nitro groups is 1. The van der Waals surface area contributed by atoms with Gasteiger partial charge in [-0.15, -0.1) is 10.2 Å². The number of hydrogen-bond donors (Lipinski definition) is 1. The van der Waals surface area contributed by atoms with Gasteiger partial charge in [0.05, 0.1) is 18.3 Å². The van der Waals surface area contributed by atoms with Crippen molar-refractivity contribution in [2.24, 2.45) is 0 Å². The average molecular weight is 478 g/mol. The lowest BCUT2D eigenvalue weighted by Crippen LogP contribution is -2.37. The second-order valence-electron chi connectivity index (χ2n) is 6.71. The summed E-state index contributed by atoms with van der Waals surface area (Å²) in [6, 6.07) is 11.1. The third-order valence-corrected chi connectivity index (χ3v) is 6.31. The number of sulfonamides is 1. The fraction of sp³-hybridized carbons (Fsp3) is 0.211. The van der Waals surface area contributed by atoms with Crippen molar-refractivity contribution in [1.82, 2.24) is 10.2 Å². The summed E-state index contributed by atoms with van der Waals surface area (Å²) in [5.41, 5.74) is 1.44. The van der Waals surface area contributed by atoms with Crippen LogP contribution in [0.4, 0.5) is 16.5 Å². The monoisotopic (exact) mass is 477 g/mol. The Morgan fingerprint density at radius 3 is 2.50 bits per heavy atom. The van der Waals surface area contributed by atoms with Gasteiger partial charge in [0.25, 0.3) is 5.69 Å². The molecule has 0 aliphatic carbocycles. The van der Waals surface area contributed by atoms with Gasteiger partial charge in [0.1, 0.15) is 23.0 Å². The topological polar surface area (TPSA) is 145 Å². The van der Waals surface area contributed by atoms with E-state index in [4.69, 9.17) is 4.74 Å². The second-order valence-corrected chi connectivity index (χ2v) is 9.59. The van der Waals surface area contributed by atoms with Crippen LogP contribution in [0.1, 0.15) is 5.56 Å². The van der Waals surface area contributed by atoms with Crippen molar-refractivity contribution in [2.75, 3.05) is 29.5 Å². The molecule has 168 valence electrons. The maximum atomic E-state index is 12.6. The lowest BCUT2D eigenvalue weighted by Gasteiger charge is -2.23. The summed E-state index contributed by atoms with van der Waals surface area (Å²) in [6.07, 6.45) is 0.888. The Hall–Kier alpha value is -3.58. The van der Waals surface area contributed by atoms with E-state index in [-0.39, 0.29) is 22.3 Å². The molecule has 1 N–H and O–H groups in total. The third kappa shape index (κ3) is 5.36. The van der Waals surface area contributed by atoms with Gasteiger partial charge in [-0.3, -0.25) is 24.5 Å². The number of carbonyl (C=O) groups excluding carboxylic acids is 1. The zero-order chi connectivity index (χ0) is 23.5. The molecule has 3 aromatic rings. The highest BCUT2D eigenvalue weighted by Gasteiger charge is 2.26. The minimum atomic E-state index is -3.98. The number of benzene rings is 2. The smallest absolute Gasteiger partial charge is 0.271 e. The van der Waals surface area contributed by atoms with Crippen LogP contribution in [-0.2, 0) is 14.8 Å². The summed E-state index contributed by atoms with van der Waals surface area (Å²) in [4.78, 5) is 23.1. The molecule has 0 radical (unpaired) electrons.